The zero-order valence-corrected chi connectivity index (χ0v) is 21.2. The van der Waals surface area contributed by atoms with Crippen LogP contribution in [-0.2, 0) is 23.0 Å². The van der Waals surface area contributed by atoms with Crippen LogP contribution < -0.4 is 5.14 Å². The summed E-state index contributed by atoms with van der Waals surface area (Å²) in [5, 5.41) is 17.7. The number of thiophene rings is 2. The number of hydrogen-bond acceptors (Lipinski definition) is 4. The molecule has 0 aliphatic heterocycles. The van der Waals surface area contributed by atoms with Crippen molar-refractivity contribution in [3.8, 4) is 10.4 Å². The van der Waals surface area contributed by atoms with E-state index in [4.69, 9.17) is 16.7 Å². The van der Waals surface area contributed by atoms with Crippen LogP contribution >= 0.6 is 34.3 Å². The molecule has 7 heteroatoms. The molecule has 0 saturated heterocycles. The molecule has 2 heterocycles. The Kier molecular flexibility index (Phi) is 7.20. The van der Waals surface area contributed by atoms with Gasteiger partial charge in [-0.25, -0.2) is 4.21 Å². The van der Waals surface area contributed by atoms with Gasteiger partial charge in [0, 0.05) is 41.6 Å². The van der Waals surface area contributed by atoms with Crippen molar-refractivity contribution in [1.82, 2.24) is 0 Å². The van der Waals surface area contributed by atoms with Crippen LogP contribution in [0, 0.1) is 0 Å². The molecule has 1 aliphatic carbocycles. The molecule has 3 N–H and O–H groups in total. The number of halogens is 1. The minimum Gasteiger partial charge on any atom is -0.385 e. The smallest absolute Gasteiger partial charge is 0.0932 e. The van der Waals surface area contributed by atoms with Crippen LogP contribution in [0.15, 0.2) is 60.7 Å². The van der Waals surface area contributed by atoms with Crippen LogP contribution in [0.2, 0.25) is 5.02 Å². The summed E-state index contributed by atoms with van der Waals surface area (Å²) < 4.78 is 11.4. The van der Waals surface area contributed by atoms with Gasteiger partial charge in [-0.15, -0.1) is 22.7 Å². The van der Waals surface area contributed by atoms with E-state index in [1.165, 1.54) is 25.4 Å². The van der Waals surface area contributed by atoms with Crippen molar-refractivity contribution in [3.05, 3.63) is 81.0 Å². The second kappa shape index (κ2) is 9.75. The molecular weight excluding hydrogens is 478 g/mol. The molecule has 0 bridgehead atoms. The van der Waals surface area contributed by atoms with E-state index in [1.807, 2.05) is 49.4 Å². The van der Waals surface area contributed by atoms with Gasteiger partial charge in [0.2, 0.25) is 0 Å². The molecule has 1 atom stereocenters. The van der Waals surface area contributed by atoms with Gasteiger partial charge in [0.1, 0.15) is 0 Å². The maximum Gasteiger partial charge on any atom is 0.0932 e. The fourth-order valence-corrected chi connectivity index (χ4v) is 6.45. The van der Waals surface area contributed by atoms with Crippen molar-refractivity contribution in [2.45, 2.75) is 44.0 Å². The Hall–Kier alpha value is -1.54. The second-order valence-electron chi connectivity index (χ2n) is 8.46. The number of benzene rings is 2. The predicted octanol–water partition coefficient (Wildman–Crippen LogP) is 6.87. The second-order valence-corrected chi connectivity index (χ2v) is 12.4. The topological polar surface area (TPSA) is 63.3 Å². The molecule has 3 nitrogen and oxygen atoms in total. The highest BCUT2D eigenvalue weighted by Gasteiger charge is 2.25. The zero-order chi connectivity index (χ0) is 22.9. The highest BCUT2D eigenvalue weighted by molar-refractivity contribution is 7.83. The van der Waals surface area contributed by atoms with Crippen LogP contribution in [0.4, 0.5) is 0 Å². The lowest BCUT2D eigenvalue weighted by molar-refractivity contribution is 0.0825. The first-order valence-corrected chi connectivity index (χ1v) is 13.7. The quantitative estimate of drug-likeness (QED) is 0.312. The average molecular weight is 504 g/mol. The molecule has 0 radical (unpaired) electrons. The summed E-state index contributed by atoms with van der Waals surface area (Å²) in [7, 11) is -1.01. The van der Waals surface area contributed by atoms with Crippen molar-refractivity contribution >= 4 is 55.3 Å². The average Bonchev–Trinajstić information content (AvgIpc) is 3.32. The van der Waals surface area contributed by atoms with E-state index in [-0.39, 0.29) is 0 Å². The third kappa shape index (κ3) is 5.68. The first kappa shape index (κ1) is 23.6. The Balaban J connectivity index is 0.000000354. The van der Waals surface area contributed by atoms with Crippen LogP contribution in [-0.4, -0.2) is 14.6 Å². The van der Waals surface area contributed by atoms with Gasteiger partial charge in [-0.3, -0.25) is 5.14 Å². The van der Waals surface area contributed by atoms with E-state index in [0.717, 1.165) is 34.7 Å². The molecular formula is C25H26ClNO2S3. The van der Waals surface area contributed by atoms with E-state index >= 15 is 0 Å². The first-order chi connectivity index (χ1) is 15.2. The molecule has 1 saturated carbocycles. The lowest BCUT2D eigenvalue weighted by Crippen LogP contribution is -2.12. The number of rotatable bonds is 5. The van der Waals surface area contributed by atoms with Gasteiger partial charge in [0.25, 0.3) is 0 Å². The standard InChI is InChI=1S/C22H19ClOS2.C3H7NOS/c1-22(2,24)20-11-10-19(26-20)17-8-5-7-15-13-16(25-21(15)17)12-14-6-3-4-9-18(14)23;4-6(5)3-1-2-3/h3-11,13,24H,12H2,1-2H3;3H,1-2,4H2. The van der Waals surface area contributed by atoms with Crippen molar-refractivity contribution in [2.75, 3.05) is 0 Å². The Morgan fingerprint density at radius 3 is 2.44 bits per heavy atom. The summed E-state index contributed by atoms with van der Waals surface area (Å²) in [5.41, 5.74) is 1.59. The molecule has 2 aromatic carbocycles. The van der Waals surface area contributed by atoms with E-state index in [9.17, 15) is 9.32 Å². The number of fused-ring (bicyclic) bond motifs is 1. The van der Waals surface area contributed by atoms with Crippen LogP contribution in [0.5, 0.6) is 0 Å². The van der Waals surface area contributed by atoms with Crippen molar-refractivity contribution in [1.29, 1.82) is 0 Å². The fourth-order valence-electron chi connectivity index (χ4n) is 3.34. The Bertz CT molecular complexity index is 1250. The van der Waals surface area contributed by atoms with E-state index in [2.05, 4.69) is 36.4 Å². The predicted molar refractivity (Wildman–Crippen MR) is 140 cm³/mol. The summed E-state index contributed by atoms with van der Waals surface area (Å²) >= 11 is 9.81. The van der Waals surface area contributed by atoms with Crippen LogP contribution in [0.25, 0.3) is 20.5 Å². The third-order valence-corrected chi connectivity index (χ3v) is 9.36. The Morgan fingerprint density at radius 2 is 1.84 bits per heavy atom. The lowest BCUT2D eigenvalue weighted by atomic mass is 10.1. The fraction of sp³-hybridized carbons (Fsp3) is 0.280. The highest BCUT2D eigenvalue weighted by atomic mass is 35.5. The van der Waals surface area contributed by atoms with Crippen LogP contribution in [0.3, 0.4) is 0 Å². The van der Waals surface area contributed by atoms with Gasteiger partial charge in [0.05, 0.1) is 16.6 Å². The van der Waals surface area contributed by atoms with Crippen molar-refractivity contribution in [2.24, 2.45) is 5.14 Å². The lowest BCUT2D eigenvalue weighted by Gasteiger charge is -2.14. The number of hydrogen-bond donors (Lipinski definition) is 2. The molecule has 4 aromatic rings. The SMILES string of the molecule is CC(C)(O)c1ccc(-c2cccc3cc(Cc4ccccc4Cl)sc23)s1.NS(=O)C1CC1. The maximum absolute atomic E-state index is 10.3. The summed E-state index contributed by atoms with van der Waals surface area (Å²) in [6.45, 7) is 3.66. The van der Waals surface area contributed by atoms with E-state index < -0.39 is 16.6 Å². The molecule has 1 aliphatic rings. The van der Waals surface area contributed by atoms with Gasteiger partial charge >= 0.3 is 0 Å². The molecule has 168 valence electrons. The van der Waals surface area contributed by atoms with Crippen LogP contribution in [0.1, 0.15) is 42.0 Å². The molecule has 1 fully saturated rings. The molecule has 0 spiro atoms. The van der Waals surface area contributed by atoms with Gasteiger partial charge in [-0.1, -0.05) is 48.0 Å². The maximum atomic E-state index is 10.3. The number of aliphatic hydroxyl groups is 1. The molecule has 0 amide bonds. The summed E-state index contributed by atoms with van der Waals surface area (Å²) in [6, 6.07) is 20.9. The number of nitrogens with two attached hydrogens (primary N) is 1. The highest BCUT2D eigenvalue weighted by Crippen LogP contribution is 2.40. The van der Waals surface area contributed by atoms with Gasteiger partial charge in [-0.05, 0) is 61.9 Å². The van der Waals surface area contributed by atoms with Crippen molar-refractivity contribution < 1.29 is 9.32 Å². The van der Waals surface area contributed by atoms with Gasteiger partial charge < -0.3 is 5.11 Å². The van der Waals surface area contributed by atoms with Gasteiger partial charge in [0.15, 0.2) is 0 Å². The monoisotopic (exact) mass is 503 g/mol. The minimum absolute atomic E-state index is 0.352. The molecule has 2 aromatic heterocycles. The Labute approximate surface area is 204 Å². The van der Waals surface area contributed by atoms with E-state index in [1.54, 1.807) is 11.3 Å². The normalized spacial score (nSPS) is 14.8. The van der Waals surface area contributed by atoms with E-state index in [0.29, 0.717) is 5.25 Å². The molecule has 5 rings (SSSR count). The molecule has 1 unspecified atom stereocenters. The largest absolute Gasteiger partial charge is 0.385 e. The summed E-state index contributed by atoms with van der Waals surface area (Å²) in [4.78, 5) is 3.48. The Morgan fingerprint density at radius 1 is 1.09 bits per heavy atom. The zero-order valence-electron chi connectivity index (χ0n) is 18.0. The minimum atomic E-state index is -1.01. The first-order valence-electron chi connectivity index (χ1n) is 10.5. The third-order valence-electron chi connectivity index (χ3n) is 5.25. The van der Waals surface area contributed by atoms with Crippen molar-refractivity contribution in [3.63, 3.8) is 0 Å². The summed E-state index contributed by atoms with van der Waals surface area (Å²) in [6.07, 6.45) is 2.99. The molecule has 32 heavy (non-hydrogen) atoms. The summed E-state index contributed by atoms with van der Waals surface area (Å²) in [5.74, 6) is 0. The van der Waals surface area contributed by atoms with Gasteiger partial charge in [-0.2, -0.15) is 0 Å².